The fourth-order valence-corrected chi connectivity index (χ4v) is 3.68. The van der Waals surface area contributed by atoms with Gasteiger partial charge in [0.15, 0.2) is 5.96 Å². The Labute approximate surface area is 172 Å². The average molecular weight is 405 g/mol. The van der Waals surface area contributed by atoms with Crippen molar-refractivity contribution < 1.29 is 13.5 Å². The van der Waals surface area contributed by atoms with Crippen LogP contribution in [0.15, 0.2) is 27.6 Å². The summed E-state index contributed by atoms with van der Waals surface area (Å²) in [5.74, 6) is 1.31. The third-order valence-electron chi connectivity index (χ3n) is 5.42. The van der Waals surface area contributed by atoms with Crippen molar-refractivity contribution in [3.05, 3.63) is 35.3 Å². The maximum Gasteiger partial charge on any atom is 0.191 e. The molecule has 2 N–H and O–H groups in total. The first-order chi connectivity index (χ1) is 14.0. The number of hydrogen-bond acceptors (Lipinski definition) is 4. The van der Waals surface area contributed by atoms with E-state index in [1.54, 1.807) is 13.1 Å². The summed E-state index contributed by atoms with van der Waals surface area (Å²) in [5.41, 5.74) is 1.66. The van der Waals surface area contributed by atoms with Gasteiger partial charge in [-0.05, 0) is 51.8 Å². The first kappa shape index (κ1) is 21.6. The van der Waals surface area contributed by atoms with Crippen LogP contribution in [0, 0.1) is 12.7 Å². The number of nitrogens with zero attached hydrogens (tertiary/aromatic N) is 2. The van der Waals surface area contributed by atoms with E-state index >= 15 is 0 Å². The lowest BCUT2D eigenvalue weighted by Gasteiger charge is -2.33. The number of nitrogens with one attached hydrogen (secondary N) is 2. The van der Waals surface area contributed by atoms with Crippen molar-refractivity contribution in [3.8, 4) is 0 Å². The minimum atomic E-state index is -0.250. The highest BCUT2D eigenvalue weighted by Crippen LogP contribution is 2.25. The summed E-state index contributed by atoms with van der Waals surface area (Å²) >= 11 is 0. The van der Waals surface area contributed by atoms with Gasteiger partial charge < -0.3 is 24.7 Å². The molecule has 7 heteroatoms. The molecule has 1 aromatic heterocycles. The molecule has 2 aromatic rings. The van der Waals surface area contributed by atoms with Gasteiger partial charge in [-0.2, -0.15) is 0 Å². The SMILES string of the molecule is CN=C(NCc1oc2ccc(F)cc2c1C)NC1CCN(CCOC(C)C)CC1. The van der Waals surface area contributed by atoms with E-state index < -0.39 is 0 Å². The zero-order valence-electron chi connectivity index (χ0n) is 17.9. The number of aliphatic imine (C=N–C) groups is 1. The van der Waals surface area contributed by atoms with E-state index in [2.05, 4.69) is 34.4 Å². The Morgan fingerprint density at radius 1 is 1.34 bits per heavy atom. The van der Waals surface area contributed by atoms with Crippen LogP contribution in [0.1, 0.15) is 38.0 Å². The van der Waals surface area contributed by atoms with Crippen molar-refractivity contribution in [3.63, 3.8) is 0 Å². The van der Waals surface area contributed by atoms with Crippen LogP contribution in [0.2, 0.25) is 0 Å². The van der Waals surface area contributed by atoms with E-state index in [1.807, 2.05) is 6.92 Å². The number of hydrogen-bond donors (Lipinski definition) is 2. The summed E-state index contributed by atoms with van der Waals surface area (Å²) in [5, 5.41) is 7.66. The quantitative estimate of drug-likeness (QED) is 0.547. The zero-order chi connectivity index (χ0) is 20.8. The van der Waals surface area contributed by atoms with Crippen LogP contribution in [-0.2, 0) is 11.3 Å². The summed E-state index contributed by atoms with van der Waals surface area (Å²) in [6.45, 7) is 10.5. The molecule has 1 saturated heterocycles. The van der Waals surface area contributed by atoms with Crippen LogP contribution < -0.4 is 10.6 Å². The second-order valence-electron chi connectivity index (χ2n) is 7.90. The standard InChI is InChI=1S/C22H33FN4O2/c1-15(2)28-12-11-27-9-7-18(8-10-27)26-22(24-4)25-14-21-16(3)19-13-17(23)5-6-20(19)29-21/h5-6,13,15,18H,7-12,14H2,1-4H3,(H2,24,25,26). The van der Waals surface area contributed by atoms with Crippen molar-refractivity contribution >= 4 is 16.9 Å². The Hall–Kier alpha value is -2.12. The lowest BCUT2D eigenvalue weighted by atomic mass is 10.1. The molecule has 0 radical (unpaired) electrons. The maximum atomic E-state index is 13.5. The second-order valence-corrected chi connectivity index (χ2v) is 7.90. The first-order valence-electron chi connectivity index (χ1n) is 10.4. The lowest BCUT2D eigenvalue weighted by molar-refractivity contribution is 0.0532. The molecule has 160 valence electrons. The van der Waals surface area contributed by atoms with Crippen LogP contribution in [0.3, 0.4) is 0 Å². The van der Waals surface area contributed by atoms with Gasteiger partial charge in [0.1, 0.15) is 17.2 Å². The largest absolute Gasteiger partial charge is 0.459 e. The predicted octanol–water partition coefficient (Wildman–Crippen LogP) is 3.43. The van der Waals surface area contributed by atoms with Crippen LogP contribution >= 0.6 is 0 Å². The maximum absolute atomic E-state index is 13.5. The molecule has 1 aliphatic rings. The molecule has 29 heavy (non-hydrogen) atoms. The number of aryl methyl sites for hydroxylation is 1. The molecule has 2 heterocycles. The van der Waals surface area contributed by atoms with Gasteiger partial charge in [0.2, 0.25) is 0 Å². The predicted molar refractivity (Wildman–Crippen MR) is 115 cm³/mol. The Balaban J connectivity index is 1.46. The highest BCUT2D eigenvalue weighted by Gasteiger charge is 2.20. The van der Waals surface area contributed by atoms with E-state index in [9.17, 15) is 4.39 Å². The first-order valence-corrected chi connectivity index (χ1v) is 10.4. The van der Waals surface area contributed by atoms with Crippen molar-refractivity contribution in [2.45, 2.75) is 52.3 Å². The number of ether oxygens (including phenoxy) is 1. The fourth-order valence-electron chi connectivity index (χ4n) is 3.68. The molecule has 1 fully saturated rings. The number of likely N-dealkylation sites (tertiary alicyclic amines) is 1. The molecule has 0 saturated carbocycles. The van der Waals surface area contributed by atoms with E-state index in [-0.39, 0.29) is 11.9 Å². The summed E-state index contributed by atoms with van der Waals surface area (Å²) in [7, 11) is 1.77. The molecule has 0 spiro atoms. The van der Waals surface area contributed by atoms with Crippen LogP contribution in [-0.4, -0.2) is 56.3 Å². The Kier molecular flexibility index (Phi) is 7.50. The normalized spacial score (nSPS) is 16.7. The summed E-state index contributed by atoms with van der Waals surface area (Å²) < 4.78 is 25.0. The number of benzene rings is 1. The summed E-state index contributed by atoms with van der Waals surface area (Å²) in [6.07, 6.45) is 2.44. The van der Waals surface area contributed by atoms with E-state index in [0.29, 0.717) is 18.2 Å². The number of guanidine groups is 1. The highest BCUT2D eigenvalue weighted by molar-refractivity contribution is 5.83. The molecule has 0 bridgehead atoms. The smallest absolute Gasteiger partial charge is 0.191 e. The molecule has 1 aliphatic heterocycles. The Morgan fingerprint density at radius 2 is 2.10 bits per heavy atom. The van der Waals surface area contributed by atoms with Gasteiger partial charge in [0.25, 0.3) is 0 Å². The number of piperidine rings is 1. The van der Waals surface area contributed by atoms with Crippen molar-refractivity contribution in [1.82, 2.24) is 15.5 Å². The van der Waals surface area contributed by atoms with E-state index in [0.717, 1.165) is 61.8 Å². The monoisotopic (exact) mass is 404 g/mol. The molecule has 0 atom stereocenters. The van der Waals surface area contributed by atoms with Crippen LogP contribution in [0.25, 0.3) is 11.0 Å². The number of halogens is 1. The van der Waals surface area contributed by atoms with Gasteiger partial charge in [0, 0.05) is 43.7 Å². The Morgan fingerprint density at radius 3 is 2.79 bits per heavy atom. The third-order valence-corrected chi connectivity index (χ3v) is 5.42. The molecular weight excluding hydrogens is 371 g/mol. The van der Waals surface area contributed by atoms with Gasteiger partial charge in [-0.1, -0.05) is 0 Å². The number of rotatable bonds is 7. The number of fused-ring (bicyclic) bond motifs is 1. The van der Waals surface area contributed by atoms with Crippen molar-refractivity contribution in [2.75, 3.05) is 33.3 Å². The molecule has 1 aromatic carbocycles. The molecule has 3 rings (SSSR count). The second kappa shape index (κ2) is 10.1. The lowest BCUT2D eigenvalue weighted by Crippen LogP contribution is -2.49. The zero-order valence-corrected chi connectivity index (χ0v) is 17.9. The van der Waals surface area contributed by atoms with Gasteiger partial charge in [-0.25, -0.2) is 4.39 Å². The third kappa shape index (κ3) is 5.93. The van der Waals surface area contributed by atoms with Crippen molar-refractivity contribution in [2.24, 2.45) is 4.99 Å². The molecule has 0 amide bonds. The molecular formula is C22H33FN4O2. The fraction of sp³-hybridized carbons (Fsp3) is 0.591. The van der Waals surface area contributed by atoms with E-state index in [1.165, 1.54) is 12.1 Å². The molecule has 0 unspecified atom stereocenters. The van der Waals surface area contributed by atoms with Crippen molar-refractivity contribution in [1.29, 1.82) is 0 Å². The van der Waals surface area contributed by atoms with Crippen LogP contribution in [0.4, 0.5) is 4.39 Å². The topological polar surface area (TPSA) is 62.0 Å². The minimum Gasteiger partial charge on any atom is -0.459 e. The Bertz CT molecular complexity index is 826. The highest BCUT2D eigenvalue weighted by atomic mass is 19.1. The average Bonchev–Trinajstić information content (AvgIpc) is 3.01. The number of furan rings is 1. The van der Waals surface area contributed by atoms with Gasteiger partial charge in [0.05, 0.1) is 19.3 Å². The van der Waals surface area contributed by atoms with Crippen LogP contribution in [0.5, 0.6) is 0 Å². The molecule has 0 aliphatic carbocycles. The molecule has 6 nitrogen and oxygen atoms in total. The summed E-state index contributed by atoms with van der Waals surface area (Å²) in [6, 6.07) is 5.01. The minimum absolute atomic E-state index is 0.250. The van der Waals surface area contributed by atoms with Gasteiger partial charge >= 0.3 is 0 Å². The van der Waals surface area contributed by atoms with Gasteiger partial charge in [-0.15, -0.1) is 0 Å². The summed E-state index contributed by atoms with van der Waals surface area (Å²) in [4.78, 5) is 6.79. The van der Waals surface area contributed by atoms with E-state index in [4.69, 9.17) is 9.15 Å². The van der Waals surface area contributed by atoms with Gasteiger partial charge in [-0.3, -0.25) is 4.99 Å².